The zero-order valence-electron chi connectivity index (χ0n) is 9.34. The molecule has 0 N–H and O–H groups in total. The summed E-state index contributed by atoms with van der Waals surface area (Å²) in [4.78, 5) is 0. The van der Waals surface area contributed by atoms with Crippen LogP contribution in [0.1, 0.15) is 46.3 Å². The molecule has 1 rings (SSSR count). The number of furan rings is 1. The largest absolute Gasteiger partial charge is 0.469 e. The van der Waals surface area contributed by atoms with E-state index in [-0.39, 0.29) is 0 Å². The van der Waals surface area contributed by atoms with Gasteiger partial charge in [-0.2, -0.15) is 0 Å². The highest BCUT2D eigenvalue weighted by molar-refractivity contribution is 4.97. The first-order valence-corrected chi connectivity index (χ1v) is 5.31. The van der Waals surface area contributed by atoms with Crippen molar-refractivity contribution < 1.29 is 4.42 Å². The van der Waals surface area contributed by atoms with E-state index in [0.29, 0.717) is 0 Å². The molecule has 0 bridgehead atoms. The van der Waals surface area contributed by atoms with E-state index in [2.05, 4.69) is 13.8 Å². The molecule has 0 aliphatic carbocycles. The Morgan fingerprint density at radius 3 is 2.46 bits per heavy atom. The maximum Gasteiger partial charge on any atom is 0.103 e. The molecule has 1 nitrogen and oxygen atoms in total. The summed E-state index contributed by atoms with van der Waals surface area (Å²) in [5.41, 5.74) is 0. The normalized spacial score (nSPS) is 9.62. The highest BCUT2D eigenvalue weighted by Crippen LogP contribution is 2.09. The van der Waals surface area contributed by atoms with Crippen LogP contribution in [-0.2, 0) is 6.42 Å². The second-order valence-corrected chi connectivity index (χ2v) is 3.37. The maximum atomic E-state index is 5.22. The first kappa shape index (κ1) is 12.3. The molecule has 0 fully saturated rings. The van der Waals surface area contributed by atoms with Crippen LogP contribution in [0.4, 0.5) is 0 Å². The van der Waals surface area contributed by atoms with Crippen molar-refractivity contribution in [3.63, 3.8) is 0 Å². The van der Waals surface area contributed by atoms with Crippen molar-refractivity contribution in [3.05, 3.63) is 24.2 Å². The summed E-state index contributed by atoms with van der Waals surface area (Å²) in [6, 6.07) is 3.99. The fourth-order valence-electron chi connectivity index (χ4n) is 1.14. The molecule has 0 amide bonds. The van der Waals surface area contributed by atoms with Gasteiger partial charge in [0.15, 0.2) is 0 Å². The molecule has 0 saturated carbocycles. The molecule has 1 aromatic rings. The van der Waals surface area contributed by atoms with Gasteiger partial charge < -0.3 is 4.42 Å². The van der Waals surface area contributed by atoms with Crippen LogP contribution in [-0.4, -0.2) is 0 Å². The van der Waals surface area contributed by atoms with Gasteiger partial charge in [0.1, 0.15) is 5.76 Å². The van der Waals surface area contributed by atoms with E-state index in [1.165, 1.54) is 12.8 Å². The quantitative estimate of drug-likeness (QED) is 0.677. The first-order valence-electron chi connectivity index (χ1n) is 5.31. The summed E-state index contributed by atoms with van der Waals surface area (Å²) in [5, 5.41) is 0. The average Bonchev–Trinajstić information content (AvgIpc) is 2.60. The topological polar surface area (TPSA) is 13.1 Å². The van der Waals surface area contributed by atoms with Crippen molar-refractivity contribution in [2.75, 3.05) is 0 Å². The fourth-order valence-corrected chi connectivity index (χ4v) is 1.14. The summed E-state index contributed by atoms with van der Waals surface area (Å²) in [6.07, 6.45) is 5.36. The number of hydrogen-bond acceptors (Lipinski definition) is 1. The van der Waals surface area contributed by atoms with E-state index in [1.54, 1.807) is 6.26 Å². The lowest BCUT2D eigenvalue weighted by molar-refractivity contribution is 0.478. The van der Waals surface area contributed by atoms with Gasteiger partial charge in [-0.1, -0.05) is 34.1 Å². The van der Waals surface area contributed by atoms with Crippen LogP contribution in [0.15, 0.2) is 22.8 Å². The van der Waals surface area contributed by atoms with E-state index in [4.69, 9.17) is 4.42 Å². The molecule has 0 aromatic carbocycles. The Morgan fingerprint density at radius 1 is 1.31 bits per heavy atom. The van der Waals surface area contributed by atoms with Gasteiger partial charge in [-0.05, 0) is 24.5 Å². The fraction of sp³-hybridized carbons (Fsp3) is 0.667. The number of aryl methyl sites for hydroxylation is 1. The predicted octanol–water partition coefficient (Wildman–Crippen LogP) is 4.28. The number of hydrogen-bond donors (Lipinski definition) is 0. The van der Waals surface area contributed by atoms with Crippen molar-refractivity contribution in [2.24, 2.45) is 5.92 Å². The molecular formula is C12H22O. The van der Waals surface area contributed by atoms with Gasteiger partial charge in [0, 0.05) is 6.42 Å². The highest BCUT2D eigenvalue weighted by Gasteiger charge is 1.97. The van der Waals surface area contributed by atoms with Crippen molar-refractivity contribution in [1.29, 1.82) is 0 Å². The monoisotopic (exact) mass is 182 g/mol. The molecule has 1 heteroatoms. The standard InChI is InChI=1S/C10H16O.C2H6/c1-9(2)5-3-6-10-7-4-8-11-10;1-2/h4,7-9H,3,5-6H2,1-2H3;1-2H3. The third-order valence-corrected chi connectivity index (χ3v) is 1.78. The Labute approximate surface area is 82.2 Å². The molecule has 0 atom stereocenters. The zero-order chi connectivity index (χ0) is 10.1. The summed E-state index contributed by atoms with van der Waals surface area (Å²) in [7, 11) is 0. The molecular weight excluding hydrogens is 160 g/mol. The lowest BCUT2D eigenvalue weighted by Gasteiger charge is -2.01. The second kappa shape index (κ2) is 7.90. The molecule has 0 saturated heterocycles. The van der Waals surface area contributed by atoms with E-state index in [0.717, 1.165) is 18.1 Å². The van der Waals surface area contributed by atoms with Crippen LogP contribution in [0.2, 0.25) is 0 Å². The summed E-state index contributed by atoms with van der Waals surface area (Å²) >= 11 is 0. The van der Waals surface area contributed by atoms with E-state index < -0.39 is 0 Å². The second-order valence-electron chi connectivity index (χ2n) is 3.37. The maximum absolute atomic E-state index is 5.22. The van der Waals surface area contributed by atoms with Crippen LogP contribution in [0.3, 0.4) is 0 Å². The van der Waals surface area contributed by atoms with Gasteiger partial charge in [-0.25, -0.2) is 0 Å². The SMILES string of the molecule is CC.CC(C)CCCc1ccco1. The molecule has 0 radical (unpaired) electrons. The van der Waals surface area contributed by atoms with E-state index >= 15 is 0 Å². The van der Waals surface area contributed by atoms with E-state index in [9.17, 15) is 0 Å². The molecule has 0 unspecified atom stereocenters. The smallest absolute Gasteiger partial charge is 0.103 e. The third kappa shape index (κ3) is 6.44. The Hall–Kier alpha value is -0.720. The average molecular weight is 182 g/mol. The van der Waals surface area contributed by atoms with Crippen LogP contribution >= 0.6 is 0 Å². The van der Waals surface area contributed by atoms with Crippen molar-refractivity contribution in [1.82, 2.24) is 0 Å². The summed E-state index contributed by atoms with van der Waals surface area (Å²) in [5.74, 6) is 1.93. The van der Waals surface area contributed by atoms with Gasteiger partial charge in [-0.15, -0.1) is 0 Å². The highest BCUT2D eigenvalue weighted by atomic mass is 16.3. The van der Waals surface area contributed by atoms with Crippen molar-refractivity contribution >= 4 is 0 Å². The van der Waals surface area contributed by atoms with Crippen LogP contribution in [0.5, 0.6) is 0 Å². The molecule has 1 aromatic heterocycles. The van der Waals surface area contributed by atoms with Crippen LogP contribution in [0, 0.1) is 5.92 Å². The molecule has 0 spiro atoms. The Bertz CT molecular complexity index is 175. The minimum atomic E-state index is 0.810. The van der Waals surface area contributed by atoms with Gasteiger partial charge in [0.05, 0.1) is 6.26 Å². The van der Waals surface area contributed by atoms with Crippen LogP contribution in [0.25, 0.3) is 0 Å². The van der Waals surface area contributed by atoms with Crippen molar-refractivity contribution in [3.8, 4) is 0 Å². The number of rotatable bonds is 4. The van der Waals surface area contributed by atoms with Gasteiger partial charge in [0.2, 0.25) is 0 Å². The Morgan fingerprint density at radius 2 is 2.00 bits per heavy atom. The minimum absolute atomic E-state index is 0.810. The minimum Gasteiger partial charge on any atom is -0.469 e. The summed E-state index contributed by atoms with van der Waals surface area (Å²) < 4.78 is 5.22. The molecule has 1 heterocycles. The Balaban J connectivity index is 0.000000671. The van der Waals surface area contributed by atoms with Gasteiger partial charge in [0.25, 0.3) is 0 Å². The lowest BCUT2D eigenvalue weighted by atomic mass is 10.1. The predicted molar refractivity (Wildman–Crippen MR) is 57.8 cm³/mol. The van der Waals surface area contributed by atoms with Gasteiger partial charge >= 0.3 is 0 Å². The Kier molecular flexibility index (Phi) is 7.47. The van der Waals surface area contributed by atoms with Gasteiger partial charge in [-0.3, -0.25) is 0 Å². The van der Waals surface area contributed by atoms with Crippen molar-refractivity contribution in [2.45, 2.75) is 47.0 Å². The third-order valence-electron chi connectivity index (χ3n) is 1.78. The summed E-state index contributed by atoms with van der Waals surface area (Å²) in [6.45, 7) is 8.50. The zero-order valence-corrected chi connectivity index (χ0v) is 9.34. The van der Waals surface area contributed by atoms with E-state index in [1.807, 2.05) is 26.0 Å². The first-order chi connectivity index (χ1) is 6.29. The molecule has 0 aliphatic rings. The van der Waals surface area contributed by atoms with Crippen LogP contribution < -0.4 is 0 Å². The molecule has 13 heavy (non-hydrogen) atoms. The molecule has 76 valence electrons. The molecule has 0 aliphatic heterocycles. The lowest BCUT2D eigenvalue weighted by Crippen LogP contribution is -1.89.